The molecule has 1 N–H and O–H groups in total. The zero-order valence-corrected chi connectivity index (χ0v) is 19.5. The minimum absolute atomic E-state index is 0.135. The first kappa shape index (κ1) is 22.2. The molecule has 0 unspecified atom stereocenters. The molecule has 0 saturated heterocycles. The number of amides is 1. The number of hydrogen-bond donors (Lipinski definition) is 1. The van der Waals surface area contributed by atoms with E-state index in [1.54, 1.807) is 10.9 Å². The molecule has 166 valence electrons. The van der Waals surface area contributed by atoms with Gasteiger partial charge in [0.15, 0.2) is 0 Å². The Bertz CT molecular complexity index is 1410. The van der Waals surface area contributed by atoms with E-state index in [1.807, 2.05) is 26.2 Å². The van der Waals surface area contributed by atoms with Crippen molar-refractivity contribution in [2.75, 3.05) is 12.4 Å². The summed E-state index contributed by atoms with van der Waals surface area (Å²) in [6.45, 7) is 1.91. The molecule has 12 heteroatoms. The molecular formula is C20H17ClFN5O3S2. The Morgan fingerprint density at radius 3 is 2.66 bits per heavy atom. The van der Waals surface area contributed by atoms with Crippen LogP contribution in [0.5, 0.6) is 0 Å². The minimum atomic E-state index is -4.13. The van der Waals surface area contributed by atoms with Gasteiger partial charge in [-0.2, -0.15) is 13.5 Å². The van der Waals surface area contributed by atoms with Gasteiger partial charge >= 0.3 is 10.2 Å². The molecule has 0 spiro atoms. The van der Waals surface area contributed by atoms with Crippen molar-refractivity contribution in [3.05, 3.63) is 69.0 Å². The smallest absolute Gasteiger partial charge is 0.321 e. The monoisotopic (exact) mass is 493 g/mol. The fraction of sp³-hybridized carbons (Fsp3) is 0.150. The Kier molecular flexibility index (Phi) is 5.65. The normalized spacial score (nSPS) is 15.3. The lowest BCUT2D eigenvalue weighted by Crippen LogP contribution is -2.35. The molecule has 0 atom stereocenters. The van der Waals surface area contributed by atoms with E-state index < -0.39 is 21.9 Å². The summed E-state index contributed by atoms with van der Waals surface area (Å²) in [5, 5.41) is 6.54. The lowest BCUT2D eigenvalue weighted by Gasteiger charge is -2.23. The van der Waals surface area contributed by atoms with Gasteiger partial charge in [0.05, 0.1) is 21.8 Å². The molecule has 3 heterocycles. The molecular weight excluding hydrogens is 477 g/mol. The van der Waals surface area contributed by atoms with Crippen LogP contribution in [0.3, 0.4) is 0 Å². The number of halogens is 2. The van der Waals surface area contributed by atoms with Gasteiger partial charge in [-0.05, 0) is 42.8 Å². The quantitative estimate of drug-likeness (QED) is 0.598. The number of hydrogen-bond acceptors (Lipinski definition) is 5. The largest absolute Gasteiger partial charge is 0.345 e. The maximum absolute atomic E-state index is 13.4. The molecule has 1 aliphatic rings. The van der Waals surface area contributed by atoms with E-state index in [1.165, 1.54) is 36.6 Å². The number of nitrogens with one attached hydrogen (secondary N) is 1. The maximum Gasteiger partial charge on any atom is 0.345 e. The third kappa shape index (κ3) is 4.18. The van der Waals surface area contributed by atoms with E-state index in [2.05, 4.69) is 14.8 Å². The Morgan fingerprint density at radius 2 is 2.00 bits per heavy atom. The van der Waals surface area contributed by atoms with Gasteiger partial charge in [-0.25, -0.2) is 8.70 Å². The zero-order chi connectivity index (χ0) is 23.2. The van der Waals surface area contributed by atoms with E-state index in [4.69, 9.17) is 11.6 Å². The van der Waals surface area contributed by atoms with Crippen LogP contribution in [0.25, 0.3) is 11.1 Å². The number of thiophene rings is 1. The molecule has 1 aromatic carbocycles. The second kappa shape index (κ2) is 8.15. The van der Waals surface area contributed by atoms with Gasteiger partial charge in [0.25, 0.3) is 5.91 Å². The van der Waals surface area contributed by atoms with E-state index in [9.17, 15) is 17.6 Å². The summed E-state index contributed by atoms with van der Waals surface area (Å²) < 4.78 is 45.0. The summed E-state index contributed by atoms with van der Waals surface area (Å²) in [6, 6.07) is 5.50. The second-order valence-corrected chi connectivity index (χ2v) is 10.3. The first-order chi connectivity index (χ1) is 15.0. The molecule has 0 fully saturated rings. The van der Waals surface area contributed by atoms with Crippen molar-refractivity contribution in [3.8, 4) is 11.1 Å². The first-order valence-corrected chi connectivity index (χ1v) is 11.8. The van der Waals surface area contributed by atoms with Gasteiger partial charge in [0, 0.05) is 36.4 Å². The number of nitrogens with zero attached hydrogens (tertiary/aromatic N) is 4. The number of carbonyl (C=O) groups excluding carboxylic acids is 1. The molecule has 0 saturated carbocycles. The highest BCUT2D eigenvalue weighted by Crippen LogP contribution is 2.33. The zero-order valence-electron chi connectivity index (χ0n) is 17.1. The molecule has 0 radical (unpaired) electrons. The van der Waals surface area contributed by atoms with E-state index >= 15 is 0 Å². The van der Waals surface area contributed by atoms with Crippen LogP contribution in [0.1, 0.15) is 9.75 Å². The van der Waals surface area contributed by atoms with Crippen LogP contribution in [-0.4, -0.2) is 41.2 Å². The molecule has 4 rings (SSSR count). The Hall–Kier alpha value is -3.02. The van der Waals surface area contributed by atoms with E-state index in [-0.39, 0.29) is 22.1 Å². The number of carbonyl (C=O) groups is 1. The number of allylic oxidation sites excluding steroid dienone is 1. The highest BCUT2D eigenvalue weighted by atomic mass is 35.5. The van der Waals surface area contributed by atoms with Gasteiger partial charge in [0.2, 0.25) is 0 Å². The molecule has 1 amide bonds. The van der Waals surface area contributed by atoms with Gasteiger partial charge < -0.3 is 5.32 Å². The van der Waals surface area contributed by atoms with Crippen LogP contribution in [-0.2, 0) is 22.1 Å². The SMILES string of the molecule is Cc1sc(C2=NS(=O)(=O)N(C)C(C(=O)Nc3ccc(F)c(Cl)c3)=C2)cc1-c1cnn(C)c1. The molecule has 2 aromatic heterocycles. The summed E-state index contributed by atoms with van der Waals surface area (Å²) in [7, 11) is -1.09. The molecule has 3 aromatic rings. The summed E-state index contributed by atoms with van der Waals surface area (Å²) >= 11 is 7.12. The number of rotatable bonds is 4. The summed E-state index contributed by atoms with van der Waals surface area (Å²) in [5.41, 5.74) is 2.03. The number of aryl methyl sites for hydroxylation is 2. The summed E-state index contributed by atoms with van der Waals surface area (Å²) in [5.74, 6) is -1.33. The fourth-order valence-electron chi connectivity index (χ4n) is 3.11. The van der Waals surface area contributed by atoms with Crippen molar-refractivity contribution in [3.63, 3.8) is 0 Å². The maximum atomic E-state index is 13.4. The van der Waals surface area contributed by atoms with E-state index in [0.717, 1.165) is 26.4 Å². The van der Waals surface area contributed by atoms with Crippen molar-refractivity contribution in [2.24, 2.45) is 11.4 Å². The Balaban J connectivity index is 1.70. The predicted molar refractivity (Wildman–Crippen MR) is 123 cm³/mol. The van der Waals surface area contributed by atoms with Crippen LogP contribution in [0.2, 0.25) is 5.02 Å². The standard InChI is InChI=1S/C20H17ClFN5O3S2/c1-11-14(12-9-23-26(2)10-12)7-19(31-11)17-8-18(27(3)32(29,30)25-17)20(28)24-13-4-5-16(22)15(21)6-13/h4-10H,1-3H3,(H,24,28). The molecule has 0 bridgehead atoms. The average Bonchev–Trinajstić information content (AvgIpc) is 3.32. The predicted octanol–water partition coefficient (Wildman–Crippen LogP) is 3.75. The lowest BCUT2D eigenvalue weighted by atomic mass is 10.1. The highest BCUT2D eigenvalue weighted by molar-refractivity contribution is 7.88. The summed E-state index contributed by atoms with van der Waals surface area (Å²) in [4.78, 5) is 14.4. The van der Waals surface area contributed by atoms with Crippen molar-refractivity contribution in [1.29, 1.82) is 0 Å². The van der Waals surface area contributed by atoms with Gasteiger partial charge in [-0.1, -0.05) is 11.6 Å². The molecule has 1 aliphatic heterocycles. The van der Waals surface area contributed by atoms with Crippen molar-refractivity contribution in [2.45, 2.75) is 6.92 Å². The molecule has 0 aliphatic carbocycles. The Labute approximate surface area is 192 Å². The number of anilines is 1. The number of benzene rings is 1. The fourth-order valence-corrected chi connectivity index (χ4v) is 5.25. The van der Waals surface area contributed by atoms with Crippen molar-refractivity contribution in [1.82, 2.24) is 14.1 Å². The molecule has 32 heavy (non-hydrogen) atoms. The third-order valence-electron chi connectivity index (χ3n) is 4.77. The van der Waals surface area contributed by atoms with Crippen LogP contribution < -0.4 is 5.32 Å². The Morgan fingerprint density at radius 1 is 1.25 bits per heavy atom. The van der Waals surface area contributed by atoms with Crippen LogP contribution in [0.4, 0.5) is 10.1 Å². The van der Waals surface area contributed by atoms with Crippen molar-refractivity contribution < 1.29 is 17.6 Å². The van der Waals surface area contributed by atoms with Gasteiger partial charge in [-0.3, -0.25) is 9.48 Å². The third-order valence-corrected chi connectivity index (χ3v) is 7.45. The first-order valence-electron chi connectivity index (χ1n) is 9.22. The van der Waals surface area contributed by atoms with Crippen LogP contribution in [0, 0.1) is 12.7 Å². The minimum Gasteiger partial charge on any atom is -0.321 e. The summed E-state index contributed by atoms with van der Waals surface area (Å²) in [6.07, 6.45) is 4.98. The van der Waals surface area contributed by atoms with Crippen LogP contribution >= 0.6 is 22.9 Å². The van der Waals surface area contributed by atoms with Gasteiger partial charge in [-0.15, -0.1) is 15.7 Å². The molecule has 8 nitrogen and oxygen atoms in total. The second-order valence-electron chi connectivity index (χ2n) is 7.02. The van der Waals surface area contributed by atoms with Gasteiger partial charge in [0.1, 0.15) is 11.5 Å². The van der Waals surface area contributed by atoms with Crippen LogP contribution in [0.15, 0.2) is 52.8 Å². The highest BCUT2D eigenvalue weighted by Gasteiger charge is 2.31. The van der Waals surface area contributed by atoms with E-state index in [0.29, 0.717) is 4.88 Å². The van der Waals surface area contributed by atoms with Crippen molar-refractivity contribution >= 4 is 50.5 Å². The number of aromatic nitrogens is 2. The number of likely N-dealkylation sites (N-methyl/N-ethyl adjacent to an activating group) is 1. The average molecular weight is 494 g/mol. The lowest BCUT2D eigenvalue weighted by molar-refractivity contribution is -0.113. The topological polar surface area (TPSA) is 96.7 Å².